The fraction of sp³-hybridized carbons (Fsp3) is 0.471. The summed E-state index contributed by atoms with van der Waals surface area (Å²) >= 11 is 0. The Bertz CT molecular complexity index is 1130. The topological polar surface area (TPSA) is 154 Å². The van der Waals surface area contributed by atoms with Gasteiger partial charge in [0.2, 0.25) is 21.9 Å². The highest BCUT2D eigenvalue weighted by molar-refractivity contribution is 7.88. The number of nitrogens with two attached hydrogens (primary N) is 1. The number of aryl methyl sites for hydroxylation is 1. The van der Waals surface area contributed by atoms with Gasteiger partial charge in [0.1, 0.15) is 11.2 Å². The monoisotopic (exact) mass is 433 g/mol. The molecule has 0 amide bonds. The summed E-state index contributed by atoms with van der Waals surface area (Å²) < 4.78 is 32.3. The second-order valence-corrected chi connectivity index (χ2v) is 8.76. The van der Waals surface area contributed by atoms with Gasteiger partial charge >= 0.3 is 0 Å². The summed E-state index contributed by atoms with van der Waals surface area (Å²) in [4.78, 5) is 24.2. The molecule has 4 heterocycles. The fourth-order valence-electron chi connectivity index (χ4n) is 3.17. The van der Waals surface area contributed by atoms with Gasteiger partial charge in [-0.15, -0.1) is 0 Å². The van der Waals surface area contributed by atoms with Crippen molar-refractivity contribution in [2.24, 2.45) is 0 Å². The lowest BCUT2D eigenvalue weighted by Crippen LogP contribution is -2.37. The Hall–Kier alpha value is -2.90. The summed E-state index contributed by atoms with van der Waals surface area (Å²) in [6.45, 7) is 3.48. The molecule has 0 bridgehead atoms. The SMILES string of the molecule is CS(=O)(=O)NCCCn1cnc2c(-c3cnc(N)nc3)nc(N3CCOCC3)nc21. The number of aromatic nitrogens is 6. The van der Waals surface area contributed by atoms with Crippen molar-refractivity contribution in [3.63, 3.8) is 0 Å². The lowest BCUT2D eigenvalue weighted by atomic mass is 10.2. The van der Waals surface area contributed by atoms with Crippen molar-refractivity contribution in [1.82, 2.24) is 34.2 Å². The smallest absolute Gasteiger partial charge is 0.228 e. The molecule has 1 aliphatic rings. The van der Waals surface area contributed by atoms with Crippen molar-refractivity contribution in [2.75, 3.05) is 49.7 Å². The summed E-state index contributed by atoms with van der Waals surface area (Å²) in [5.74, 6) is 0.759. The number of hydrogen-bond acceptors (Lipinski definition) is 10. The van der Waals surface area contributed by atoms with Crippen LogP contribution in [0.2, 0.25) is 0 Å². The van der Waals surface area contributed by atoms with Crippen LogP contribution in [0.3, 0.4) is 0 Å². The van der Waals surface area contributed by atoms with Crippen LogP contribution in [0.15, 0.2) is 18.7 Å². The first-order chi connectivity index (χ1) is 14.4. The summed E-state index contributed by atoms with van der Waals surface area (Å²) in [6.07, 6.45) is 6.65. The number of morpholine rings is 1. The number of imidazole rings is 1. The first kappa shape index (κ1) is 20.4. The van der Waals surface area contributed by atoms with Crippen LogP contribution in [-0.2, 0) is 21.3 Å². The molecule has 1 fully saturated rings. The highest BCUT2D eigenvalue weighted by Crippen LogP contribution is 2.27. The lowest BCUT2D eigenvalue weighted by Gasteiger charge is -2.27. The van der Waals surface area contributed by atoms with Gasteiger partial charge in [-0.2, -0.15) is 4.98 Å². The maximum Gasteiger partial charge on any atom is 0.228 e. The number of nitrogens with zero attached hydrogens (tertiary/aromatic N) is 7. The van der Waals surface area contributed by atoms with Crippen LogP contribution in [0.5, 0.6) is 0 Å². The summed E-state index contributed by atoms with van der Waals surface area (Å²) in [6, 6.07) is 0. The van der Waals surface area contributed by atoms with Crippen LogP contribution in [-0.4, -0.2) is 77.0 Å². The van der Waals surface area contributed by atoms with E-state index in [0.717, 1.165) is 6.26 Å². The zero-order chi connectivity index (χ0) is 21.1. The molecule has 160 valence electrons. The van der Waals surface area contributed by atoms with Crippen molar-refractivity contribution in [3.8, 4) is 11.3 Å². The second kappa shape index (κ2) is 8.45. The maximum absolute atomic E-state index is 11.3. The molecule has 3 aromatic heterocycles. The third kappa shape index (κ3) is 4.63. The van der Waals surface area contributed by atoms with E-state index in [4.69, 9.17) is 20.4 Å². The van der Waals surface area contributed by atoms with E-state index in [2.05, 4.69) is 24.6 Å². The standard InChI is InChI=1S/C17H23N9O3S/c1-30(27,28)22-3-2-4-26-11-21-14-13(12-9-19-16(18)20-10-12)23-17(24-15(14)26)25-5-7-29-8-6-25/h9-11,22H,2-8H2,1H3,(H2,18,19,20). The quantitative estimate of drug-likeness (QED) is 0.472. The Kier molecular flexibility index (Phi) is 5.74. The van der Waals surface area contributed by atoms with Crippen LogP contribution in [0.25, 0.3) is 22.4 Å². The molecule has 0 saturated carbocycles. The molecule has 0 radical (unpaired) electrons. The number of nitrogen functional groups attached to an aromatic ring is 1. The Morgan fingerprint density at radius 3 is 2.60 bits per heavy atom. The summed E-state index contributed by atoms with van der Waals surface area (Å²) in [5, 5.41) is 0. The van der Waals surface area contributed by atoms with Gasteiger partial charge in [-0.25, -0.2) is 33.1 Å². The first-order valence-corrected chi connectivity index (χ1v) is 11.4. The van der Waals surface area contributed by atoms with E-state index in [0.29, 0.717) is 74.2 Å². The molecule has 0 aliphatic carbocycles. The molecule has 30 heavy (non-hydrogen) atoms. The Labute approximate surface area is 173 Å². The van der Waals surface area contributed by atoms with Crippen LogP contribution in [0.4, 0.5) is 11.9 Å². The Morgan fingerprint density at radius 1 is 1.17 bits per heavy atom. The van der Waals surface area contributed by atoms with Gasteiger partial charge in [-0.05, 0) is 6.42 Å². The van der Waals surface area contributed by atoms with Crippen molar-refractivity contribution in [2.45, 2.75) is 13.0 Å². The van der Waals surface area contributed by atoms with Crippen molar-refractivity contribution >= 4 is 33.1 Å². The van der Waals surface area contributed by atoms with E-state index >= 15 is 0 Å². The average molecular weight is 433 g/mol. The van der Waals surface area contributed by atoms with Gasteiger partial charge in [0, 0.05) is 44.1 Å². The van der Waals surface area contributed by atoms with E-state index in [1.165, 1.54) is 0 Å². The molecule has 3 aromatic rings. The van der Waals surface area contributed by atoms with E-state index in [1.54, 1.807) is 18.7 Å². The molecule has 12 nitrogen and oxygen atoms in total. The highest BCUT2D eigenvalue weighted by Gasteiger charge is 2.20. The van der Waals surface area contributed by atoms with Gasteiger partial charge in [0.15, 0.2) is 5.65 Å². The third-order valence-corrected chi connectivity index (χ3v) is 5.36. The predicted molar refractivity (Wildman–Crippen MR) is 111 cm³/mol. The molecule has 3 N–H and O–H groups in total. The highest BCUT2D eigenvalue weighted by atomic mass is 32.2. The minimum Gasteiger partial charge on any atom is -0.378 e. The Morgan fingerprint density at radius 2 is 1.90 bits per heavy atom. The van der Waals surface area contributed by atoms with Crippen molar-refractivity contribution in [3.05, 3.63) is 18.7 Å². The molecule has 0 aromatic carbocycles. The van der Waals surface area contributed by atoms with E-state index in [-0.39, 0.29) is 5.95 Å². The molecule has 13 heteroatoms. The number of hydrogen-bond donors (Lipinski definition) is 2. The van der Waals surface area contributed by atoms with Gasteiger partial charge in [0.25, 0.3) is 0 Å². The van der Waals surface area contributed by atoms with Gasteiger partial charge in [-0.3, -0.25) is 0 Å². The minimum absolute atomic E-state index is 0.182. The molecule has 4 rings (SSSR count). The van der Waals surface area contributed by atoms with Gasteiger partial charge in [-0.1, -0.05) is 0 Å². The number of fused-ring (bicyclic) bond motifs is 1. The van der Waals surface area contributed by atoms with Crippen molar-refractivity contribution in [1.29, 1.82) is 0 Å². The van der Waals surface area contributed by atoms with E-state index < -0.39 is 10.0 Å². The summed E-state index contributed by atoms with van der Waals surface area (Å²) in [5.41, 5.74) is 8.22. The molecule has 0 atom stereocenters. The second-order valence-electron chi connectivity index (χ2n) is 6.93. The number of nitrogens with one attached hydrogen (secondary N) is 1. The molecule has 1 saturated heterocycles. The summed E-state index contributed by atoms with van der Waals surface area (Å²) in [7, 11) is -3.22. The molecular formula is C17H23N9O3S. The number of anilines is 2. The fourth-order valence-corrected chi connectivity index (χ4v) is 3.68. The normalized spacial score (nSPS) is 15.0. The molecular weight excluding hydrogens is 410 g/mol. The first-order valence-electron chi connectivity index (χ1n) is 9.49. The maximum atomic E-state index is 11.3. The van der Waals surface area contributed by atoms with E-state index in [9.17, 15) is 8.42 Å². The van der Waals surface area contributed by atoms with Crippen LogP contribution >= 0.6 is 0 Å². The number of rotatable bonds is 7. The zero-order valence-corrected chi connectivity index (χ0v) is 17.3. The predicted octanol–water partition coefficient (Wildman–Crippen LogP) is -0.359. The van der Waals surface area contributed by atoms with Crippen LogP contribution in [0.1, 0.15) is 6.42 Å². The van der Waals surface area contributed by atoms with Crippen molar-refractivity contribution < 1.29 is 13.2 Å². The average Bonchev–Trinajstić information content (AvgIpc) is 3.14. The van der Waals surface area contributed by atoms with Crippen LogP contribution < -0.4 is 15.4 Å². The largest absolute Gasteiger partial charge is 0.378 e. The minimum atomic E-state index is -3.22. The van der Waals surface area contributed by atoms with Gasteiger partial charge in [0.05, 0.1) is 25.8 Å². The molecule has 0 unspecified atom stereocenters. The van der Waals surface area contributed by atoms with Crippen LogP contribution in [0, 0.1) is 0 Å². The number of sulfonamides is 1. The third-order valence-electron chi connectivity index (χ3n) is 4.63. The Balaban J connectivity index is 1.70. The molecule has 0 spiro atoms. The lowest BCUT2D eigenvalue weighted by molar-refractivity contribution is 0.122. The van der Waals surface area contributed by atoms with Gasteiger partial charge < -0.3 is 19.9 Å². The molecule has 1 aliphatic heterocycles. The number of ether oxygens (including phenoxy) is 1. The van der Waals surface area contributed by atoms with E-state index in [1.807, 2.05) is 4.57 Å². The zero-order valence-electron chi connectivity index (χ0n) is 16.5.